The molecule has 2 bridgehead atoms. The van der Waals surface area contributed by atoms with E-state index >= 15 is 0 Å². The Labute approximate surface area is 211 Å². The van der Waals surface area contributed by atoms with Gasteiger partial charge in [0.05, 0.1) is 35.4 Å². The number of nitrogens with zero attached hydrogens (tertiary/aromatic N) is 5. The number of pyridine rings is 1. The predicted octanol–water partition coefficient (Wildman–Crippen LogP) is 4.45. The molecule has 0 radical (unpaired) electrons. The lowest BCUT2D eigenvalue weighted by molar-refractivity contribution is -0.137. The Morgan fingerprint density at radius 2 is 1.89 bits per heavy atom. The summed E-state index contributed by atoms with van der Waals surface area (Å²) in [5, 5.41) is 0. The van der Waals surface area contributed by atoms with Gasteiger partial charge in [0.1, 0.15) is 11.6 Å². The molecule has 1 amide bonds. The van der Waals surface area contributed by atoms with Gasteiger partial charge in [-0.05, 0) is 49.1 Å². The van der Waals surface area contributed by atoms with Crippen molar-refractivity contribution in [2.24, 2.45) is 5.92 Å². The average Bonchev–Trinajstić information content (AvgIpc) is 3.50. The zero-order valence-electron chi connectivity index (χ0n) is 20.0. The van der Waals surface area contributed by atoms with E-state index in [1.165, 1.54) is 30.6 Å². The van der Waals surface area contributed by atoms with Crippen molar-refractivity contribution in [3.63, 3.8) is 0 Å². The fourth-order valence-electron chi connectivity index (χ4n) is 5.44. The number of anilines is 1. The molecule has 194 valence electrons. The van der Waals surface area contributed by atoms with E-state index in [-0.39, 0.29) is 40.9 Å². The van der Waals surface area contributed by atoms with Gasteiger partial charge in [-0.3, -0.25) is 4.79 Å². The predicted molar refractivity (Wildman–Crippen MR) is 127 cm³/mol. The summed E-state index contributed by atoms with van der Waals surface area (Å²) in [5.41, 5.74) is -0.601. The fourth-order valence-corrected chi connectivity index (χ4v) is 5.44. The van der Waals surface area contributed by atoms with E-state index in [0.717, 1.165) is 25.1 Å². The largest absolute Gasteiger partial charge is 0.417 e. The normalized spacial score (nSPS) is 20.9. The number of methoxy groups -OCH3 is 1. The molecule has 1 saturated heterocycles. The summed E-state index contributed by atoms with van der Waals surface area (Å²) >= 11 is 0. The summed E-state index contributed by atoms with van der Waals surface area (Å²) in [6, 6.07) is 7.91. The number of likely N-dealkylation sites (tertiary alicyclic amines) is 1. The smallest absolute Gasteiger partial charge is 0.383 e. The Hall–Kier alpha value is -3.60. The van der Waals surface area contributed by atoms with Crippen LogP contribution in [0.25, 0.3) is 11.4 Å². The van der Waals surface area contributed by atoms with Crippen molar-refractivity contribution in [3.8, 4) is 11.4 Å². The van der Waals surface area contributed by atoms with Gasteiger partial charge < -0.3 is 14.5 Å². The summed E-state index contributed by atoms with van der Waals surface area (Å²) in [4.78, 5) is 29.8. The molecule has 11 heteroatoms. The highest BCUT2D eigenvalue weighted by Gasteiger charge is 2.49. The Kier molecular flexibility index (Phi) is 6.80. The second kappa shape index (κ2) is 10.0. The number of fused-ring (bicyclic) bond motifs is 2. The molecule has 3 atom stereocenters. The van der Waals surface area contributed by atoms with Crippen LogP contribution in [0.4, 0.5) is 23.4 Å². The number of alkyl halides is 3. The van der Waals surface area contributed by atoms with Crippen LogP contribution in [0.2, 0.25) is 0 Å². The van der Waals surface area contributed by atoms with Gasteiger partial charge in [0.15, 0.2) is 5.82 Å². The number of piperidine rings is 1. The monoisotopic (exact) mass is 515 g/mol. The van der Waals surface area contributed by atoms with Crippen molar-refractivity contribution in [1.82, 2.24) is 19.9 Å². The minimum absolute atomic E-state index is 0.0491. The number of aromatic nitrogens is 3. The first-order chi connectivity index (χ1) is 17.8. The topological polar surface area (TPSA) is 71.5 Å². The van der Waals surface area contributed by atoms with Crippen LogP contribution in [0.3, 0.4) is 0 Å². The number of amides is 1. The van der Waals surface area contributed by atoms with Gasteiger partial charge in [-0.2, -0.15) is 13.2 Å². The molecule has 2 fully saturated rings. The second-order valence-corrected chi connectivity index (χ2v) is 9.25. The lowest BCUT2D eigenvalue weighted by Crippen LogP contribution is -2.53. The quantitative estimate of drug-likeness (QED) is 0.433. The molecule has 0 spiro atoms. The van der Waals surface area contributed by atoms with Gasteiger partial charge in [-0.15, -0.1) is 0 Å². The lowest BCUT2D eigenvalue weighted by atomic mass is 10.00. The molecule has 2 aliphatic rings. The third-order valence-corrected chi connectivity index (χ3v) is 7.05. The van der Waals surface area contributed by atoms with Gasteiger partial charge in [0, 0.05) is 38.8 Å². The van der Waals surface area contributed by atoms with Gasteiger partial charge in [-0.25, -0.2) is 19.3 Å². The van der Waals surface area contributed by atoms with Crippen molar-refractivity contribution >= 4 is 11.7 Å². The van der Waals surface area contributed by atoms with Crippen LogP contribution in [0.5, 0.6) is 0 Å². The average molecular weight is 516 g/mol. The zero-order chi connectivity index (χ0) is 26.2. The first kappa shape index (κ1) is 25.1. The Morgan fingerprint density at radius 1 is 1.11 bits per heavy atom. The van der Waals surface area contributed by atoms with Crippen LogP contribution < -0.4 is 4.90 Å². The summed E-state index contributed by atoms with van der Waals surface area (Å²) in [7, 11) is 1.55. The van der Waals surface area contributed by atoms with Crippen molar-refractivity contribution < 1.29 is 27.1 Å². The second-order valence-electron chi connectivity index (χ2n) is 9.25. The highest BCUT2D eigenvalue weighted by molar-refractivity contribution is 6.00. The summed E-state index contributed by atoms with van der Waals surface area (Å²) < 4.78 is 59.4. The van der Waals surface area contributed by atoms with E-state index in [2.05, 4.69) is 15.0 Å². The van der Waals surface area contributed by atoms with E-state index in [1.54, 1.807) is 24.1 Å². The molecule has 1 aliphatic heterocycles. The molecule has 7 nitrogen and oxygen atoms in total. The molecule has 3 heterocycles. The lowest BCUT2D eigenvalue weighted by Gasteiger charge is -2.40. The third-order valence-electron chi connectivity index (χ3n) is 7.05. The van der Waals surface area contributed by atoms with Gasteiger partial charge in [0.2, 0.25) is 0 Å². The number of hydrogen-bond donors (Lipinski definition) is 0. The Balaban J connectivity index is 1.45. The highest BCUT2D eigenvalue weighted by atomic mass is 19.4. The molecule has 37 heavy (non-hydrogen) atoms. The number of ether oxygens (including phenoxy) is 1. The molecule has 1 aromatic carbocycles. The van der Waals surface area contributed by atoms with Gasteiger partial charge in [-0.1, -0.05) is 6.07 Å². The summed E-state index contributed by atoms with van der Waals surface area (Å²) in [6.45, 7) is 1.25. The molecule has 2 aromatic heterocycles. The Morgan fingerprint density at radius 3 is 2.54 bits per heavy atom. The summed E-state index contributed by atoms with van der Waals surface area (Å²) in [5.74, 6) is -0.192. The maximum atomic E-state index is 14.9. The maximum absolute atomic E-state index is 14.9. The molecular weight excluding hydrogens is 490 g/mol. The van der Waals surface area contributed by atoms with Crippen LogP contribution in [0.15, 0.2) is 55.0 Å². The first-order valence-corrected chi connectivity index (χ1v) is 11.9. The van der Waals surface area contributed by atoms with Gasteiger partial charge in [0.25, 0.3) is 5.91 Å². The van der Waals surface area contributed by atoms with Crippen molar-refractivity contribution in [3.05, 3.63) is 71.9 Å². The van der Waals surface area contributed by atoms with E-state index in [9.17, 15) is 22.4 Å². The van der Waals surface area contributed by atoms with E-state index < -0.39 is 17.6 Å². The van der Waals surface area contributed by atoms with E-state index in [0.29, 0.717) is 25.5 Å². The SMILES string of the molecule is COCCN(c1ccc(C(F)(F)F)cn1)[C@@H]1C[C@@H]2C[C@@H]1N(C(=O)c1cccc(F)c1-c1ncccn1)C2. The fraction of sp³-hybridized carbons (Fsp3) is 0.385. The van der Waals surface area contributed by atoms with Crippen molar-refractivity contribution in [2.45, 2.75) is 31.1 Å². The number of carbonyl (C=O) groups excluding carboxylic acids is 1. The standard InChI is InChI=1S/C26H25F4N5O2/c1-37-11-10-34(22-7-6-17(14-33-22)26(28,29)30)20-12-16-13-21(20)35(15-16)25(36)18-4-2-5-19(27)23(18)24-31-8-3-9-32-24/h2-9,14,16,20-21H,10-13,15H2,1H3/t16-,20-,21+/m1/s1. The van der Waals surface area contributed by atoms with E-state index in [4.69, 9.17) is 4.74 Å². The molecule has 0 N–H and O–H groups in total. The van der Waals surface area contributed by atoms with Crippen LogP contribution in [0.1, 0.15) is 28.8 Å². The van der Waals surface area contributed by atoms with Crippen molar-refractivity contribution in [1.29, 1.82) is 0 Å². The Bertz CT molecular complexity index is 1260. The van der Waals surface area contributed by atoms with Crippen LogP contribution in [-0.2, 0) is 10.9 Å². The molecule has 1 saturated carbocycles. The first-order valence-electron chi connectivity index (χ1n) is 11.9. The third kappa shape index (κ3) is 4.87. The van der Waals surface area contributed by atoms with Crippen LogP contribution in [0, 0.1) is 11.7 Å². The molecule has 1 aliphatic carbocycles. The highest BCUT2D eigenvalue weighted by Crippen LogP contribution is 2.43. The van der Waals surface area contributed by atoms with Gasteiger partial charge >= 0.3 is 6.18 Å². The minimum Gasteiger partial charge on any atom is -0.383 e. The number of halogens is 4. The van der Waals surface area contributed by atoms with Crippen LogP contribution >= 0.6 is 0 Å². The molecular formula is C26H25F4N5O2. The molecule has 5 rings (SSSR count). The molecule has 0 unspecified atom stereocenters. The van der Waals surface area contributed by atoms with Crippen molar-refractivity contribution in [2.75, 3.05) is 31.7 Å². The van der Waals surface area contributed by atoms with Crippen LogP contribution in [-0.4, -0.2) is 64.6 Å². The molecule has 3 aromatic rings. The van der Waals surface area contributed by atoms with E-state index in [1.807, 2.05) is 4.90 Å². The number of rotatable bonds is 7. The zero-order valence-corrected chi connectivity index (χ0v) is 20.0. The number of hydrogen-bond acceptors (Lipinski definition) is 6. The summed E-state index contributed by atoms with van der Waals surface area (Å²) in [6.07, 6.45) is 0.822. The minimum atomic E-state index is -4.48. The number of benzene rings is 1. The maximum Gasteiger partial charge on any atom is 0.417 e. The number of carbonyl (C=O) groups is 1.